The van der Waals surface area contributed by atoms with Gasteiger partial charge in [-0.05, 0) is 14.0 Å². The molecule has 0 fully saturated rings. The van der Waals surface area contributed by atoms with E-state index in [9.17, 15) is 22.0 Å². The Labute approximate surface area is 93.8 Å². The first-order valence-corrected chi connectivity index (χ1v) is 4.72. The van der Waals surface area contributed by atoms with Gasteiger partial charge in [-0.3, -0.25) is 0 Å². The third-order valence-electron chi connectivity index (χ3n) is 2.20. The monoisotopic (exact) mass is 258 g/mol. The van der Waals surface area contributed by atoms with E-state index in [1.54, 1.807) is 0 Å². The highest BCUT2D eigenvalue weighted by Crippen LogP contribution is 2.33. The van der Waals surface area contributed by atoms with Gasteiger partial charge >= 0.3 is 6.18 Å². The lowest BCUT2D eigenvalue weighted by molar-refractivity contribution is -0.166. The molecule has 0 aliphatic rings. The van der Waals surface area contributed by atoms with Crippen molar-refractivity contribution in [3.05, 3.63) is 11.4 Å². The van der Waals surface area contributed by atoms with Gasteiger partial charge in [0.1, 0.15) is 17.4 Å². The second kappa shape index (κ2) is 4.94. The second-order valence-electron chi connectivity index (χ2n) is 3.41. The van der Waals surface area contributed by atoms with Crippen LogP contribution in [0.4, 0.5) is 22.0 Å². The summed E-state index contributed by atoms with van der Waals surface area (Å²) >= 11 is 0. The Morgan fingerprint density at radius 1 is 1.35 bits per heavy atom. The zero-order valence-electron chi connectivity index (χ0n) is 9.09. The Hall–Kier alpha value is -1.25. The summed E-state index contributed by atoms with van der Waals surface area (Å²) in [6.07, 6.45) is -7.70. The average molecular weight is 258 g/mol. The zero-order chi connectivity index (χ0) is 13.2. The molecule has 0 aliphatic heterocycles. The number of halogens is 5. The maximum Gasteiger partial charge on any atom is 0.410 e. The first-order chi connectivity index (χ1) is 7.79. The van der Waals surface area contributed by atoms with E-state index in [0.29, 0.717) is 0 Å². The molecule has 0 amide bonds. The standard InChI is InChI=1S/C8H11F5N4/c1-4(8(11,12)13)17-6(7(9)10)5(3-14-2)15-16-17/h4,7,14H,3H2,1-2H3. The number of alkyl halides is 5. The Morgan fingerprint density at radius 3 is 2.35 bits per heavy atom. The summed E-state index contributed by atoms with van der Waals surface area (Å²) in [5.74, 6) is 0. The minimum atomic E-state index is -4.64. The molecule has 0 aromatic carbocycles. The van der Waals surface area contributed by atoms with Crippen molar-refractivity contribution in [3.8, 4) is 0 Å². The number of aromatic nitrogens is 3. The van der Waals surface area contributed by atoms with E-state index in [1.165, 1.54) is 7.05 Å². The highest BCUT2D eigenvalue weighted by Gasteiger charge is 2.41. The smallest absolute Gasteiger partial charge is 0.314 e. The maximum absolute atomic E-state index is 12.7. The van der Waals surface area contributed by atoms with E-state index in [2.05, 4.69) is 15.6 Å². The first kappa shape index (κ1) is 13.8. The van der Waals surface area contributed by atoms with Crippen molar-refractivity contribution in [2.24, 2.45) is 0 Å². The molecule has 98 valence electrons. The van der Waals surface area contributed by atoms with Crippen LogP contribution in [0.1, 0.15) is 30.8 Å². The van der Waals surface area contributed by atoms with Gasteiger partial charge in [0.2, 0.25) is 0 Å². The summed E-state index contributed by atoms with van der Waals surface area (Å²) in [5, 5.41) is 9.02. The molecule has 1 rings (SSSR count). The van der Waals surface area contributed by atoms with Gasteiger partial charge in [0.15, 0.2) is 0 Å². The molecule has 0 aliphatic carbocycles. The van der Waals surface area contributed by atoms with Crippen LogP contribution in [0.15, 0.2) is 0 Å². The summed E-state index contributed by atoms with van der Waals surface area (Å²) in [7, 11) is 1.47. The molecule has 0 spiro atoms. The van der Waals surface area contributed by atoms with Crippen molar-refractivity contribution in [1.82, 2.24) is 20.3 Å². The van der Waals surface area contributed by atoms with Crippen molar-refractivity contribution in [2.75, 3.05) is 7.05 Å². The molecule has 17 heavy (non-hydrogen) atoms. The number of nitrogens with zero attached hydrogens (tertiary/aromatic N) is 3. The molecule has 0 saturated heterocycles. The molecule has 1 aromatic rings. The molecule has 1 aromatic heterocycles. The fraction of sp³-hybridized carbons (Fsp3) is 0.750. The van der Waals surface area contributed by atoms with Crippen molar-refractivity contribution >= 4 is 0 Å². The Morgan fingerprint density at radius 2 is 1.94 bits per heavy atom. The van der Waals surface area contributed by atoms with Crippen LogP contribution in [-0.4, -0.2) is 28.2 Å². The van der Waals surface area contributed by atoms with Gasteiger partial charge in [0.05, 0.1) is 0 Å². The predicted molar refractivity (Wildman–Crippen MR) is 48.5 cm³/mol. The average Bonchev–Trinajstić information content (AvgIpc) is 2.59. The van der Waals surface area contributed by atoms with E-state index in [-0.39, 0.29) is 16.9 Å². The molecule has 9 heteroatoms. The van der Waals surface area contributed by atoms with Crippen LogP contribution in [0.25, 0.3) is 0 Å². The lowest BCUT2D eigenvalue weighted by Gasteiger charge is -2.17. The molecule has 1 heterocycles. The van der Waals surface area contributed by atoms with Crippen molar-refractivity contribution in [2.45, 2.75) is 32.1 Å². The molecule has 1 N–H and O–H groups in total. The summed E-state index contributed by atoms with van der Waals surface area (Å²) in [5.41, 5.74) is -0.984. The van der Waals surface area contributed by atoms with Crippen molar-refractivity contribution in [1.29, 1.82) is 0 Å². The number of rotatable bonds is 4. The molecular formula is C8H11F5N4. The minimum Gasteiger partial charge on any atom is -0.314 e. The maximum atomic E-state index is 12.7. The SMILES string of the molecule is CNCc1nnn(C(C)C(F)(F)F)c1C(F)F. The van der Waals surface area contributed by atoms with Crippen LogP contribution in [-0.2, 0) is 6.54 Å². The van der Waals surface area contributed by atoms with Crippen molar-refractivity contribution in [3.63, 3.8) is 0 Å². The van der Waals surface area contributed by atoms with Gasteiger partial charge in [0.25, 0.3) is 6.43 Å². The van der Waals surface area contributed by atoms with E-state index in [0.717, 1.165) is 6.92 Å². The quantitative estimate of drug-likeness (QED) is 0.840. The summed E-state index contributed by atoms with van der Waals surface area (Å²) in [4.78, 5) is 0. The van der Waals surface area contributed by atoms with Gasteiger partial charge in [-0.25, -0.2) is 13.5 Å². The van der Waals surface area contributed by atoms with Crippen LogP contribution in [0, 0.1) is 0 Å². The third-order valence-corrected chi connectivity index (χ3v) is 2.20. The van der Waals surface area contributed by atoms with Gasteiger partial charge < -0.3 is 5.32 Å². The van der Waals surface area contributed by atoms with E-state index in [1.807, 2.05) is 0 Å². The fourth-order valence-electron chi connectivity index (χ4n) is 1.28. The first-order valence-electron chi connectivity index (χ1n) is 4.72. The molecule has 1 unspecified atom stereocenters. The second-order valence-corrected chi connectivity index (χ2v) is 3.41. The van der Waals surface area contributed by atoms with Gasteiger partial charge in [-0.2, -0.15) is 13.2 Å². The molecular weight excluding hydrogens is 247 g/mol. The van der Waals surface area contributed by atoms with Crippen LogP contribution < -0.4 is 5.32 Å². The van der Waals surface area contributed by atoms with Crippen LogP contribution in [0.2, 0.25) is 0 Å². The molecule has 0 bridgehead atoms. The van der Waals surface area contributed by atoms with Crippen LogP contribution in [0.5, 0.6) is 0 Å². The van der Waals surface area contributed by atoms with Crippen LogP contribution >= 0.6 is 0 Å². The Bertz CT molecular complexity index is 372. The third kappa shape index (κ3) is 2.90. The zero-order valence-corrected chi connectivity index (χ0v) is 9.09. The van der Waals surface area contributed by atoms with Crippen LogP contribution in [0.3, 0.4) is 0 Å². The highest BCUT2D eigenvalue weighted by atomic mass is 19.4. The molecule has 0 saturated carbocycles. The lowest BCUT2D eigenvalue weighted by Crippen LogP contribution is -2.26. The summed E-state index contributed by atoms with van der Waals surface area (Å²) in [6.45, 7) is 0.688. The highest BCUT2D eigenvalue weighted by molar-refractivity contribution is 5.12. The summed E-state index contributed by atoms with van der Waals surface area (Å²) in [6, 6.07) is -2.13. The van der Waals surface area contributed by atoms with E-state index >= 15 is 0 Å². The predicted octanol–water partition coefficient (Wildman–Crippen LogP) is 2.06. The molecule has 1 atom stereocenters. The molecule has 4 nitrogen and oxygen atoms in total. The lowest BCUT2D eigenvalue weighted by atomic mass is 10.2. The van der Waals surface area contributed by atoms with Gasteiger partial charge in [0, 0.05) is 6.54 Å². The Balaban J connectivity index is 3.16. The van der Waals surface area contributed by atoms with Crippen molar-refractivity contribution < 1.29 is 22.0 Å². The van der Waals surface area contributed by atoms with Gasteiger partial charge in [-0.15, -0.1) is 5.10 Å². The largest absolute Gasteiger partial charge is 0.410 e. The molecule has 0 radical (unpaired) electrons. The van der Waals surface area contributed by atoms with E-state index < -0.39 is 24.3 Å². The fourth-order valence-corrected chi connectivity index (χ4v) is 1.28. The number of hydrogen-bond acceptors (Lipinski definition) is 3. The van der Waals surface area contributed by atoms with Gasteiger partial charge in [-0.1, -0.05) is 5.21 Å². The topological polar surface area (TPSA) is 42.7 Å². The number of hydrogen-bond donors (Lipinski definition) is 1. The normalized spacial score (nSPS) is 14.4. The summed E-state index contributed by atoms with van der Waals surface area (Å²) < 4.78 is 62.9. The number of nitrogens with one attached hydrogen (secondary N) is 1. The minimum absolute atomic E-state index is 0.0652. The van der Waals surface area contributed by atoms with E-state index in [4.69, 9.17) is 0 Å². The Kier molecular flexibility index (Phi) is 4.02.